The Labute approximate surface area is 132 Å². The van der Waals surface area contributed by atoms with Crippen LogP contribution in [0.25, 0.3) is 26.4 Å². The summed E-state index contributed by atoms with van der Waals surface area (Å²) in [5.41, 5.74) is 1.10. The Morgan fingerprint density at radius 2 is 1.65 bits per heavy atom. The topological polar surface area (TPSA) is 12.9 Å². The molecule has 4 rings (SSSR count). The molecule has 0 aliphatic carbocycles. The maximum atomic E-state index is 4.56. The van der Waals surface area contributed by atoms with Gasteiger partial charge in [-0.3, -0.25) is 0 Å². The van der Waals surface area contributed by atoms with E-state index in [2.05, 4.69) is 59.6 Å². The van der Waals surface area contributed by atoms with Crippen LogP contribution in [0.5, 0.6) is 0 Å². The van der Waals surface area contributed by atoms with Crippen LogP contribution >= 0.6 is 7.53 Å². The molecule has 2 aromatic carbocycles. The Balaban J connectivity index is 0.00000121. The average Bonchev–Trinajstić information content (AvgIpc) is 2.83. The summed E-state index contributed by atoms with van der Waals surface area (Å²) >= 11 is 0. The first kappa shape index (κ1) is 13.5. The van der Waals surface area contributed by atoms with Gasteiger partial charge in [-0.15, -0.1) is 37.2 Å². The van der Waals surface area contributed by atoms with E-state index in [9.17, 15) is 0 Å². The number of hydrogen-bond acceptors (Lipinski definition) is 1. The summed E-state index contributed by atoms with van der Waals surface area (Å²) in [5.74, 6) is 0. The van der Waals surface area contributed by atoms with Gasteiger partial charge in [0.05, 0.1) is 0 Å². The van der Waals surface area contributed by atoms with Gasteiger partial charge < -0.3 is 4.98 Å². The molecule has 20 heavy (non-hydrogen) atoms. The Hall–Kier alpha value is -1.46. The first-order valence-corrected chi connectivity index (χ1v) is 7.60. The Morgan fingerprint density at radius 3 is 2.50 bits per heavy atom. The molecule has 0 saturated heterocycles. The van der Waals surface area contributed by atoms with Crippen LogP contribution in [0.2, 0.25) is 0 Å². The Morgan fingerprint density at radius 1 is 0.850 bits per heavy atom. The minimum atomic E-state index is -0.466. The van der Waals surface area contributed by atoms with Crippen molar-refractivity contribution in [3.8, 4) is 5.30 Å². The average molecular weight is 452 g/mol. The van der Waals surface area contributed by atoms with E-state index >= 15 is 0 Å². The number of benzene rings is 2. The number of nitrogens with zero attached hydrogens (tertiary/aromatic N) is 1. The quantitative estimate of drug-likeness (QED) is 0.364. The molecule has 0 fully saturated rings. The molecule has 1 unspecified atom stereocenters. The maximum Gasteiger partial charge on any atom is 0.0161 e. The SMILES string of the molecule is [Ir].[c-]1cccc2c1c1ncccc1p2-c1ccccc1. The second-order valence-electron chi connectivity index (χ2n) is 4.47. The molecule has 0 saturated carbocycles. The molecular formula is C17H11IrNP-. The van der Waals surface area contributed by atoms with Crippen LogP contribution in [0.1, 0.15) is 0 Å². The number of rotatable bonds is 1. The van der Waals surface area contributed by atoms with Gasteiger partial charge in [-0.1, -0.05) is 41.5 Å². The van der Waals surface area contributed by atoms with Crippen molar-refractivity contribution in [3.05, 3.63) is 72.9 Å². The molecule has 0 amide bonds. The van der Waals surface area contributed by atoms with Crippen molar-refractivity contribution in [1.82, 2.24) is 4.98 Å². The summed E-state index contributed by atoms with van der Waals surface area (Å²) in [7, 11) is -0.466. The number of pyridine rings is 1. The molecule has 99 valence electrons. The van der Waals surface area contributed by atoms with Gasteiger partial charge in [-0.05, 0) is 22.0 Å². The molecular weight excluding hydrogens is 441 g/mol. The fourth-order valence-corrected chi connectivity index (χ4v) is 5.09. The van der Waals surface area contributed by atoms with Crippen LogP contribution in [0.15, 0.2) is 66.9 Å². The van der Waals surface area contributed by atoms with Crippen LogP contribution in [0.3, 0.4) is 0 Å². The van der Waals surface area contributed by atoms with E-state index < -0.39 is 7.53 Å². The number of aromatic nitrogens is 1. The Kier molecular flexibility index (Phi) is 3.72. The van der Waals surface area contributed by atoms with E-state index in [4.69, 9.17) is 0 Å². The second-order valence-corrected chi connectivity index (χ2v) is 6.62. The Bertz CT molecular complexity index is 815. The van der Waals surface area contributed by atoms with Crippen LogP contribution in [-0.2, 0) is 20.1 Å². The summed E-state index contributed by atoms with van der Waals surface area (Å²) in [6.07, 6.45) is 1.87. The van der Waals surface area contributed by atoms with Gasteiger partial charge >= 0.3 is 0 Å². The first-order valence-electron chi connectivity index (χ1n) is 6.26. The van der Waals surface area contributed by atoms with E-state index in [1.165, 1.54) is 20.9 Å². The van der Waals surface area contributed by atoms with Gasteiger partial charge in [0.2, 0.25) is 0 Å². The maximum absolute atomic E-state index is 4.56. The molecule has 1 nitrogen and oxygen atoms in total. The van der Waals surface area contributed by atoms with E-state index in [0.29, 0.717) is 0 Å². The van der Waals surface area contributed by atoms with Crippen molar-refractivity contribution in [1.29, 1.82) is 0 Å². The molecule has 0 spiro atoms. The van der Waals surface area contributed by atoms with Crippen LogP contribution in [-0.4, -0.2) is 4.98 Å². The summed E-state index contributed by atoms with van der Waals surface area (Å²) < 4.78 is 0. The fourth-order valence-electron chi connectivity index (χ4n) is 2.56. The van der Waals surface area contributed by atoms with Gasteiger partial charge in [-0.2, -0.15) is 0 Å². The van der Waals surface area contributed by atoms with Gasteiger partial charge in [0, 0.05) is 26.3 Å². The van der Waals surface area contributed by atoms with Crippen LogP contribution < -0.4 is 0 Å². The fraction of sp³-hybridized carbons (Fsp3) is 0. The van der Waals surface area contributed by atoms with Gasteiger partial charge in [0.1, 0.15) is 0 Å². The molecule has 0 N–H and O–H groups in total. The van der Waals surface area contributed by atoms with Crippen LogP contribution in [0, 0.1) is 6.07 Å². The minimum Gasteiger partial charge on any atom is -0.304 e. The molecule has 0 bridgehead atoms. The first-order chi connectivity index (χ1) is 9.45. The predicted molar refractivity (Wildman–Crippen MR) is 82.1 cm³/mol. The molecule has 1 atom stereocenters. The normalized spacial score (nSPS) is 11.5. The molecule has 1 radical (unpaired) electrons. The van der Waals surface area contributed by atoms with Crippen molar-refractivity contribution in [2.45, 2.75) is 0 Å². The zero-order valence-corrected chi connectivity index (χ0v) is 13.9. The molecule has 2 aromatic heterocycles. The van der Waals surface area contributed by atoms with E-state index in [1.807, 2.05) is 18.3 Å². The van der Waals surface area contributed by atoms with E-state index in [-0.39, 0.29) is 20.1 Å². The third-order valence-corrected chi connectivity index (χ3v) is 5.87. The third kappa shape index (κ3) is 2.01. The van der Waals surface area contributed by atoms with Crippen molar-refractivity contribution >= 4 is 28.7 Å². The minimum absolute atomic E-state index is 0. The zero-order chi connectivity index (χ0) is 12.7. The van der Waals surface area contributed by atoms with Crippen molar-refractivity contribution in [2.75, 3.05) is 0 Å². The molecule has 0 aliphatic heterocycles. The second kappa shape index (κ2) is 5.50. The van der Waals surface area contributed by atoms with Gasteiger partial charge in [0.25, 0.3) is 0 Å². The zero-order valence-electron chi connectivity index (χ0n) is 10.6. The molecule has 3 heteroatoms. The van der Waals surface area contributed by atoms with Crippen molar-refractivity contribution in [2.24, 2.45) is 0 Å². The van der Waals surface area contributed by atoms with E-state index in [1.54, 1.807) is 0 Å². The van der Waals surface area contributed by atoms with Crippen molar-refractivity contribution < 1.29 is 20.1 Å². The predicted octanol–water partition coefficient (Wildman–Crippen LogP) is 5.16. The van der Waals surface area contributed by atoms with Crippen LogP contribution in [0.4, 0.5) is 0 Å². The monoisotopic (exact) mass is 453 g/mol. The summed E-state index contributed by atoms with van der Waals surface area (Å²) in [6, 6.07) is 24.6. The summed E-state index contributed by atoms with van der Waals surface area (Å²) in [5, 5.41) is 5.27. The third-order valence-electron chi connectivity index (χ3n) is 3.35. The standard InChI is InChI=1S/C17H11NP.Ir/c1-2-7-13(8-3-1)19-15-10-5-4-9-14(15)17-16(19)11-6-12-18-17;/h1-8,10-12H;/q-1;. The van der Waals surface area contributed by atoms with E-state index in [0.717, 1.165) is 5.52 Å². The van der Waals surface area contributed by atoms with Crippen molar-refractivity contribution in [3.63, 3.8) is 0 Å². The largest absolute Gasteiger partial charge is 0.304 e. The molecule has 4 aromatic rings. The molecule has 0 aliphatic rings. The van der Waals surface area contributed by atoms with Gasteiger partial charge in [0.15, 0.2) is 0 Å². The smallest absolute Gasteiger partial charge is 0.0161 e. The number of hydrogen-bond donors (Lipinski definition) is 0. The summed E-state index contributed by atoms with van der Waals surface area (Å²) in [4.78, 5) is 4.56. The number of fused-ring (bicyclic) bond motifs is 3. The molecule has 2 heterocycles. The summed E-state index contributed by atoms with van der Waals surface area (Å²) in [6.45, 7) is 0. The van der Waals surface area contributed by atoms with Gasteiger partial charge in [-0.25, -0.2) is 0 Å².